The first kappa shape index (κ1) is 18.1. The first-order valence-corrected chi connectivity index (χ1v) is 8.54. The second-order valence-corrected chi connectivity index (χ2v) is 6.92. The molecule has 1 aromatic carbocycles. The number of halogens is 3. The second kappa shape index (κ2) is 6.92. The maximum atomic E-state index is 12.3. The predicted octanol–water partition coefficient (Wildman–Crippen LogP) is 4.30. The van der Waals surface area contributed by atoms with E-state index < -0.39 is 18.2 Å². The van der Waals surface area contributed by atoms with Gasteiger partial charge in [-0.3, -0.25) is 10.1 Å². The molecule has 26 heavy (non-hydrogen) atoms. The highest BCUT2D eigenvalue weighted by Crippen LogP contribution is 2.32. The molecule has 0 bridgehead atoms. The van der Waals surface area contributed by atoms with Crippen molar-refractivity contribution in [2.45, 2.75) is 6.36 Å². The molecule has 0 atom stereocenters. The van der Waals surface area contributed by atoms with Crippen LogP contribution in [0.1, 0.15) is 19.3 Å². The summed E-state index contributed by atoms with van der Waals surface area (Å²) in [5.74, 6) is -1.41. The number of rotatable bonds is 4. The molecule has 0 aliphatic heterocycles. The Morgan fingerprint density at radius 1 is 1.12 bits per heavy atom. The van der Waals surface area contributed by atoms with Crippen molar-refractivity contribution in [2.24, 2.45) is 0 Å². The third-order valence-electron chi connectivity index (χ3n) is 3.03. The molecule has 0 aliphatic carbocycles. The molecule has 2 aromatic heterocycles. The predicted molar refractivity (Wildman–Crippen MR) is 89.9 cm³/mol. The number of esters is 1. The van der Waals surface area contributed by atoms with E-state index in [2.05, 4.69) is 19.8 Å². The van der Waals surface area contributed by atoms with Gasteiger partial charge in [0.2, 0.25) is 0 Å². The molecule has 1 N–H and O–H groups in total. The maximum Gasteiger partial charge on any atom is 0.573 e. The van der Waals surface area contributed by atoms with Gasteiger partial charge in [-0.2, -0.15) is 0 Å². The molecule has 0 aliphatic rings. The zero-order chi connectivity index (χ0) is 18.9. The molecule has 0 radical (unpaired) electrons. The molecule has 3 rings (SSSR count). The molecular formula is C15H9F3N2O4S2. The van der Waals surface area contributed by atoms with Crippen LogP contribution in [0.15, 0.2) is 30.3 Å². The average molecular weight is 402 g/mol. The van der Waals surface area contributed by atoms with Crippen LogP contribution in [0.2, 0.25) is 0 Å². The minimum absolute atomic E-state index is 0.210. The Bertz CT molecular complexity index is 981. The van der Waals surface area contributed by atoms with Gasteiger partial charge < -0.3 is 9.47 Å². The van der Waals surface area contributed by atoms with Crippen molar-refractivity contribution < 1.29 is 32.2 Å². The molecule has 0 spiro atoms. The van der Waals surface area contributed by atoms with Gasteiger partial charge in [0.25, 0.3) is 5.91 Å². The summed E-state index contributed by atoms with van der Waals surface area (Å²) in [5.41, 5.74) is 0.418. The number of hydrogen-bond acceptors (Lipinski definition) is 7. The lowest BCUT2D eigenvalue weighted by Crippen LogP contribution is -2.16. The van der Waals surface area contributed by atoms with Crippen molar-refractivity contribution in [3.63, 3.8) is 0 Å². The van der Waals surface area contributed by atoms with Gasteiger partial charge in [-0.25, -0.2) is 9.78 Å². The maximum absolute atomic E-state index is 12.3. The first-order chi connectivity index (χ1) is 12.2. The van der Waals surface area contributed by atoms with Gasteiger partial charge in [-0.05, 0) is 24.3 Å². The van der Waals surface area contributed by atoms with Gasteiger partial charge in [-0.15, -0.1) is 24.5 Å². The Morgan fingerprint density at radius 3 is 2.54 bits per heavy atom. The average Bonchev–Trinajstić information content (AvgIpc) is 3.18. The molecule has 2 heterocycles. The number of carbonyl (C=O) groups excluding carboxylic acids is 2. The van der Waals surface area contributed by atoms with E-state index in [0.29, 0.717) is 10.2 Å². The molecule has 0 saturated heterocycles. The Balaban J connectivity index is 1.77. The van der Waals surface area contributed by atoms with Gasteiger partial charge in [0.1, 0.15) is 10.6 Å². The summed E-state index contributed by atoms with van der Waals surface area (Å²) in [4.78, 5) is 28.3. The zero-order valence-corrected chi connectivity index (χ0v) is 14.6. The quantitative estimate of drug-likeness (QED) is 0.659. The summed E-state index contributed by atoms with van der Waals surface area (Å²) >= 11 is 1.95. The summed E-state index contributed by atoms with van der Waals surface area (Å²) < 4.78 is 45.6. The standard InChI is InChI=1S/C15H9F3N2O4S2/c1-23-13(22)10-5-4-9(25-10)12(21)20-14-19-8-3-2-7(6-11(8)26-14)24-15(16,17)18/h2-6H,1H3,(H,19,20,21). The van der Waals surface area contributed by atoms with Gasteiger partial charge in [-0.1, -0.05) is 11.3 Å². The van der Waals surface area contributed by atoms with Crippen LogP contribution >= 0.6 is 22.7 Å². The number of carbonyl (C=O) groups is 2. The monoisotopic (exact) mass is 402 g/mol. The van der Waals surface area contributed by atoms with E-state index in [4.69, 9.17) is 0 Å². The van der Waals surface area contributed by atoms with Crippen molar-refractivity contribution in [1.29, 1.82) is 0 Å². The van der Waals surface area contributed by atoms with E-state index in [1.54, 1.807) is 0 Å². The number of ether oxygens (including phenoxy) is 2. The molecule has 1 amide bonds. The number of fused-ring (bicyclic) bond motifs is 1. The molecule has 6 nitrogen and oxygen atoms in total. The fraction of sp³-hybridized carbons (Fsp3) is 0.133. The van der Waals surface area contributed by atoms with Crippen LogP contribution in [0.5, 0.6) is 5.75 Å². The fourth-order valence-corrected chi connectivity index (χ4v) is 3.69. The topological polar surface area (TPSA) is 77.5 Å². The highest BCUT2D eigenvalue weighted by molar-refractivity contribution is 7.22. The van der Waals surface area contributed by atoms with Crippen LogP contribution in [-0.4, -0.2) is 30.3 Å². The van der Waals surface area contributed by atoms with E-state index in [9.17, 15) is 22.8 Å². The van der Waals surface area contributed by atoms with Gasteiger partial charge in [0.05, 0.1) is 22.2 Å². The van der Waals surface area contributed by atoms with Crippen molar-refractivity contribution >= 4 is 49.9 Å². The summed E-state index contributed by atoms with van der Waals surface area (Å²) in [7, 11) is 1.24. The SMILES string of the molecule is COC(=O)c1ccc(C(=O)Nc2nc3ccc(OC(F)(F)F)cc3s2)s1. The summed E-state index contributed by atoms with van der Waals surface area (Å²) in [5, 5.41) is 2.76. The van der Waals surface area contributed by atoms with Gasteiger partial charge >= 0.3 is 12.3 Å². The largest absolute Gasteiger partial charge is 0.573 e. The number of thiazole rings is 1. The van der Waals surface area contributed by atoms with E-state index in [-0.39, 0.29) is 20.6 Å². The smallest absolute Gasteiger partial charge is 0.465 e. The van der Waals surface area contributed by atoms with Crippen molar-refractivity contribution in [3.05, 3.63) is 40.1 Å². The number of alkyl halides is 3. The number of hydrogen-bond donors (Lipinski definition) is 1. The molecule has 0 unspecified atom stereocenters. The highest BCUT2D eigenvalue weighted by Gasteiger charge is 2.31. The first-order valence-electron chi connectivity index (χ1n) is 6.91. The van der Waals surface area contributed by atoms with E-state index in [1.165, 1.54) is 31.4 Å². The minimum atomic E-state index is -4.79. The van der Waals surface area contributed by atoms with Gasteiger partial charge in [0, 0.05) is 6.07 Å². The number of nitrogens with zero attached hydrogens (tertiary/aromatic N) is 1. The van der Waals surface area contributed by atoms with E-state index in [0.717, 1.165) is 28.7 Å². The van der Waals surface area contributed by atoms with Gasteiger partial charge in [0.15, 0.2) is 5.13 Å². The lowest BCUT2D eigenvalue weighted by Gasteiger charge is -2.07. The molecule has 0 saturated carbocycles. The summed E-state index contributed by atoms with van der Waals surface area (Å²) in [6.07, 6.45) is -4.79. The molecule has 136 valence electrons. The van der Waals surface area contributed by atoms with Crippen LogP contribution in [0.3, 0.4) is 0 Å². The van der Waals surface area contributed by atoms with E-state index in [1.807, 2.05) is 0 Å². The van der Waals surface area contributed by atoms with Crippen LogP contribution < -0.4 is 10.1 Å². The van der Waals surface area contributed by atoms with Crippen molar-refractivity contribution in [1.82, 2.24) is 4.98 Å². The second-order valence-electron chi connectivity index (χ2n) is 4.81. The highest BCUT2D eigenvalue weighted by atomic mass is 32.1. The number of amides is 1. The van der Waals surface area contributed by atoms with Crippen LogP contribution in [0.4, 0.5) is 18.3 Å². The molecule has 3 aromatic rings. The van der Waals surface area contributed by atoms with Crippen molar-refractivity contribution in [2.75, 3.05) is 12.4 Å². The van der Waals surface area contributed by atoms with Crippen LogP contribution in [-0.2, 0) is 4.74 Å². The number of nitrogens with one attached hydrogen (secondary N) is 1. The third-order valence-corrected chi connectivity index (χ3v) is 5.03. The van der Waals surface area contributed by atoms with Crippen LogP contribution in [0.25, 0.3) is 10.2 Å². The summed E-state index contributed by atoms with van der Waals surface area (Å²) in [6, 6.07) is 6.63. The van der Waals surface area contributed by atoms with Crippen molar-refractivity contribution in [3.8, 4) is 5.75 Å². The number of methoxy groups -OCH3 is 1. The third kappa shape index (κ3) is 4.11. The molecule has 0 fully saturated rings. The fourth-order valence-electron chi connectivity index (χ4n) is 1.98. The number of aromatic nitrogens is 1. The molecular weight excluding hydrogens is 393 g/mol. The van der Waals surface area contributed by atoms with E-state index >= 15 is 0 Å². The normalized spacial score (nSPS) is 11.4. The Morgan fingerprint density at radius 2 is 1.85 bits per heavy atom. The minimum Gasteiger partial charge on any atom is -0.465 e. The Kier molecular flexibility index (Phi) is 4.83. The number of anilines is 1. The summed E-state index contributed by atoms with van der Waals surface area (Å²) in [6.45, 7) is 0. The Labute approximate surface area is 152 Å². The number of thiophene rings is 1. The zero-order valence-electron chi connectivity index (χ0n) is 12.9. The van der Waals surface area contributed by atoms with Crippen LogP contribution in [0, 0.1) is 0 Å². The molecule has 11 heteroatoms. The lowest BCUT2D eigenvalue weighted by atomic mass is 10.3. The lowest BCUT2D eigenvalue weighted by molar-refractivity contribution is -0.274. The Hall–Kier alpha value is -2.66. The number of benzene rings is 1.